The molecule has 3 rings (SSSR count). The molecule has 0 saturated carbocycles. The maximum absolute atomic E-state index is 12.6. The first kappa shape index (κ1) is 21.6. The van der Waals surface area contributed by atoms with Gasteiger partial charge in [0.05, 0.1) is 27.0 Å². The van der Waals surface area contributed by atoms with Crippen molar-refractivity contribution in [1.29, 1.82) is 0 Å². The second-order valence-electron chi connectivity index (χ2n) is 6.54. The minimum absolute atomic E-state index is 0.140. The average molecular weight is 426 g/mol. The molecule has 31 heavy (non-hydrogen) atoms. The lowest BCUT2D eigenvalue weighted by Gasteiger charge is -2.13. The molecule has 0 unspecified atom stereocenters. The van der Waals surface area contributed by atoms with E-state index in [1.54, 1.807) is 18.2 Å². The topological polar surface area (TPSA) is 114 Å². The van der Waals surface area contributed by atoms with Gasteiger partial charge in [-0.2, -0.15) is 0 Å². The monoisotopic (exact) mass is 426 g/mol. The Morgan fingerprint density at radius 1 is 1.03 bits per heavy atom. The Balaban J connectivity index is 1.95. The molecular weight excluding hydrogens is 404 g/mol. The molecule has 1 N–H and O–H groups in total. The number of benzene rings is 1. The van der Waals surface area contributed by atoms with E-state index in [1.165, 1.54) is 58.3 Å². The number of methoxy groups -OCH3 is 3. The maximum atomic E-state index is 12.6. The molecule has 0 radical (unpaired) electrons. The molecule has 162 valence electrons. The van der Waals surface area contributed by atoms with E-state index in [-0.39, 0.29) is 16.7 Å². The van der Waals surface area contributed by atoms with E-state index in [2.05, 4.69) is 10.3 Å². The van der Waals surface area contributed by atoms with E-state index in [4.69, 9.17) is 14.2 Å². The highest BCUT2D eigenvalue weighted by atomic mass is 16.5. The largest absolute Gasteiger partial charge is 0.493 e. The fourth-order valence-electron chi connectivity index (χ4n) is 3.13. The van der Waals surface area contributed by atoms with Crippen molar-refractivity contribution in [3.63, 3.8) is 0 Å². The van der Waals surface area contributed by atoms with Crippen LogP contribution in [-0.4, -0.2) is 41.4 Å². The molecule has 0 fully saturated rings. The second kappa shape index (κ2) is 8.74. The minimum atomic E-state index is -0.546. The Morgan fingerprint density at radius 3 is 2.26 bits per heavy atom. The zero-order chi connectivity index (χ0) is 22.7. The summed E-state index contributed by atoms with van der Waals surface area (Å²) < 4.78 is 18.1. The van der Waals surface area contributed by atoms with E-state index in [0.717, 1.165) is 4.57 Å². The number of nitrogens with zero attached hydrogens (tertiary/aromatic N) is 3. The molecule has 2 aromatic heterocycles. The smallest absolute Gasteiger partial charge is 0.332 e. The molecule has 3 aromatic rings. The van der Waals surface area contributed by atoms with Crippen molar-refractivity contribution >= 4 is 28.7 Å². The number of fused-ring (bicyclic) bond motifs is 1. The van der Waals surface area contributed by atoms with Crippen molar-refractivity contribution < 1.29 is 19.0 Å². The molecule has 1 aromatic carbocycles. The van der Waals surface area contributed by atoms with Crippen LogP contribution in [-0.2, 0) is 18.9 Å². The number of aryl methyl sites for hydroxylation is 1. The summed E-state index contributed by atoms with van der Waals surface area (Å²) in [7, 11) is 7.38. The van der Waals surface area contributed by atoms with Crippen LogP contribution in [0.4, 0.5) is 5.69 Å². The Morgan fingerprint density at radius 2 is 1.68 bits per heavy atom. The van der Waals surface area contributed by atoms with Crippen LogP contribution in [0.2, 0.25) is 0 Å². The van der Waals surface area contributed by atoms with E-state index in [0.29, 0.717) is 22.8 Å². The van der Waals surface area contributed by atoms with E-state index >= 15 is 0 Å². The molecule has 0 atom stereocenters. The quantitative estimate of drug-likeness (QED) is 0.591. The first-order chi connectivity index (χ1) is 14.8. The molecule has 0 saturated heterocycles. The van der Waals surface area contributed by atoms with Crippen LogP contribution in [0.5, 0.6) is 17.2 Å². The van der Waals surface area contributed by atoms with Gasteiger partial charge in [-0.05, 0) is 29.8 Å². The molecule has 0 spiro atoms. The molecule has 0 aliphatic rings. The summed E-state index contributed by atoms with van der Waals surface area (Å²) >= 11 is 0. The van der Waals surface area contributed by atoms with Crippen LogP contribution >= 0.6 is 0 Å². The molecule has 0 bridgehead atoms. The van der Waals surface area contributed by atoms with Gasteiger partial charge in [0.25, 0.3) is 5.56 Å². The van der Waals surface area contributed by atoms with Gasteiger partial charge >= 0.3 is 5.69 Å². The van der Waals surface area contributed by atoms with Gasteiger partial charge in [-0.3, -0.25) is 18.7 Å². The summed E-state index contributed by atoms with van der Waals surface area (Å²) in [4.78, 5) is 41.3. The van der Waals surface area contributed by atoms with Gasteiger partial charge in [-0.1, -0.05) is 0 Å². The van der Waals surface area contributed by atoms with Crippen LogP contribution in [0, 0.1) is 0 Å². The number of carbonyl (C=O) groups is 1. The molecular formula is C21H22N4O6. The Labute approximate surface area is 177 Å². The van der Waals surface area contributed by atoms with Crippen molar-refractivity contribution in [2.45, 2.75) is 0 Å². The first-order valence-corrected chi connectivity index (χ1v) is 9.16. The highest BCUT2D eigenvalue weighted by molar-refractivity contribution is 6.06. The Kier molecular flexibility index (Phi) is 6.10. The number of carbonyl (C=O) groups excluding carboxylic acids is 1. The molecule has 0 aliphatic carbocycles. The number of amides is 1. The summed E-state index contributed by atoms with van der Waals surface area (Å²) in [6.07, 6.45) is 4.29. The zero-order valence-corrected chi connectivity index (χ0v) is 17.8. The average Bonchev–Trinajstić information content (AvgIpc) is 2.78. The van der Waals surface area contributed by atoms with Gasteiger partial charge in [-0.15, -0.1) is 0 Å². The minimum Gasteiger partial charge on any atom is -0.493 e. The van der Waals surface area contributed by atoms with Gasteiger partial charge in [0.1, 0.15) is 5.39 Å². The normalized spacial score (nSPS) is 11.0. The second-order valence-corrected chi connectivity index (χ2v) is 6.54. The zero-order valence-electron chi connectivity index (χ0n) is 17.8. The third kappa shape index (κ3) is 4.00. The van der Waals surface area contributed by atoms with Gasteiger partial charge in [0.2, 0.25) is 11.7 Å². The van der Waals surface area contributed by atoms with Gasteiger partial charge in [-0.25, -0.2) is 9.78 Å². The number of anilines is 1. The molecule has 0 aliphatic heterocycles. The molecule has 10 heteroatoms. The van der Waals surface area contributed by atoms with Gasteiger partial charge in [0.15, 0.2) is 17.1 Å². The van der Waals surface area contributed by atoms with E-state index < -0.39 is 17.2 Å². The number of rotatable bonds is 6. The van der Waals surface area contributed by atoms with Crippen LogP contribution in [0.1, 0.15) is 5.56 Å². The van der Waals surface area contributed by atoms with E-state index in [1.807, 2.05) is 0 Å². The van der Waals surface area contributed by atoms with Gasteiger partial charge < -0.3 is 19.5 Å². The van der Waals surface area contributed by atoms with Crippen molar-refractivity contribution in [3.8, 4) is 17.2 Å². The lowest BCUT2D eigenvalue weighted by molar-refractivity contribution is -0.111. The predicted octanol–water partition coefficient (Wildman–Crippen LogP) is 1.31. The van der Waals surface area contributed by atoms with Crippen molar-refractivity contribution in [2.24, 2.45) is 14.1 Å². The van der Waals surface area contributed by atoms with Crippen molar-refractivity contribution in [1.82, 2.24) is 14.1 Å². The third-order valence-corrected chi connectivity index (χ3v) is 4.71. The van der Waals surface area contributed by atoms with Crippen LogP contribution < -0.4 is 30.8 Å². The highest BCUT2D eigenvalue weighted by Crippen LogP contribution is 2.38. The van der Waals surface area contributed by atoms with Crippen LogP contribution in [0.25, 0.3) is 17.1 Å². The summed E-state index contributed by atoms with van der Waals surface area (Å²) in [6, 6.07) is 4.89. The number of aromatic nitrogens is 3. The number of hydrogen-bond acceptors (Lipinski definition) is 7. The van der Waals surface area contributed by atoms with Crippen molar-refractivity contribution in [3.05, 3.63) is 56.9 Å². The summed E-state index contributed by atoms with van der Waals surface area (Å²) in [5.74, 6) is 0.867. The summed E-state index contributed by atoms with van der Waals surface area (Å²) in [5, 5.41) is 2.81. The maximum Gasteiger partial charge on any atom is 0.332 e. The molecule has 1 amide bonds. The lowest BCUT2D eigenvalue weighted by atomic mass is 10.1. The fourth-order valence-corrected chi connectivity index (χ4v) is 3.13. The number of pyridine rings is 1. The standard InChI is InChI=1S/C21H22N4O6/c1-24-19-17(20(27)25(2)21(24)28)13(8-9-22-19)23-16(26)7-6-12-10-14(29-3)18(31-5)15(11-12)30-4/h6-11H,1-5H3,(H,22,23,26)/b7-6-. The first-order valence-electron chi connectivity index (χ1n) is 9.16. The van der Waals surface area contributed by atoms with E-state index in [9.17, 15) is 14.4 Å². The molecule has 10 nitrogen and oxygen atoms in total. The summed E-state index contributed by atoms with van der Waals surface area (Å²) in [6.45, 7) is 0. The predicted molar refractivity (Wildman–Crippen MR) is 116 cm³/mol. The van der Waals surface area contributed by atoms with Gasteiger partial charge in [0, 0.05) is 26.4 Å². The van der Waals surface area contributed by atoms with Crippen molar-refractivity contribution in [2.75, 3.05) is 26.6 Å². The number of ether oxygens (including phenoxy) is 3. The third-order valence-electron chi connectivity index (χ3n) is 4.71. The lowest BCUT2D eigenvalue weighted by Crippen LogP contribution is -2.37. The fraction of sp³-hybridized carbons (Fsp3) is 0.238. The molecule has 2 heterocycles. The number of hydrogen-bond donors (Lipinski definition) is 1. The highest BCUT2D eigenvalue weighted by Gasteiger charge is 2.15. The summed E-state index contributed by atoms with van der Waals surface area (Å²) in [5.41, 5.74) is 0.0219. The SMILES string of the molecule is COc1cc(/C=C\C(=O)Nc2ccnc3c2c(=O)n(C)c(=O)n3C)cc(OC)c1OC. The Hall–Kier alpha value is -4.08. The van der Waals surface area contributed by atoms with Crippen LogP contribution in [0.15, 0.2) is 40.1 Å². The van der Waals surface area contributed by atoms with Crippen LogP contribution in [0.3, 0.4) is 0 Å². The number of nitrogens with one attached hydrogen (secondary N) is 1. The Bertz CT molecular complexity index is 1280.